The van der Waals surface area contributed by atoms with Crippen molar-refractivity contribution in [2.75, 3.05) is 31.6 Å². The molecule has 2 unspecified atom stereocenters. The maximum Gasteiger partial charge on any atom is 0.219 e. The molecule has 1 amide bonds. The smallest absolute Gasteiger partial charge is 0.219 e. The van der Waals surface area contributed by atoms with Crippen LogP contribution >= 0.6 is 0 Å². The van der Waals surface area contributed by atoms with Crippen LogP contribution in [0.15, 0.2) is 47.4 Å². The Hall–Kier alpha value is -4.01. The number of allylic oxidation sites excluding steroid dienone is 1. The number of ketones is 1. The van der Waals surface area contributed by atoms with E-state index in [4.69, 9.17) is 4.74 Å². The fourth-order valence-electron chi connectivity index (χ4n) is 6.34. The van der Waals surface area contributed by atoms with Gasteiger partial charge in [0.15, 0.2) is 17.3 Å². The molecule has 1 saturated carbocycles. The number of likely N-dealkylation sites (tertiary alicyclic amines) is 1. The summed E-state index contributed by atoms with van der Waals surface area (Å²) >= 11 is 0. The highest BCUT2D eigenvalue weighted by Gasteiger charge is 2.42. The zero-order valence-electron chi connectivity index (χ0n) is 22.5. The van der Waals surface area contributed by atoms with Gasteiger partial charge in [-0.1, -0.05) is 18.2 Å². The molecule has 0 bridgehead atoms. The van der Waals surface area contributed by atoms with Crippen molar-refractivity contribution < 1.29 is 23.1 Å². The first-order valence-electron chi connectivity index (χ1n) is 13.7. The van der Waals surface area contributed by atoms with E-state index in [0.717, 1.165) is 25.7 Å². The quantitative estimate of drug-likeness (QED) is 0.322. The second-order valence-corrected chi connectivity index (χ2v) is 11.0. The topological polar surface area (TPSA) is 71.8 Å². The summed E-state index contributed by atoms with van der Waals surface area (Å²) in [5, 5.41) is 0.0907. The summed E-state index contributed by atoms with van der Waals surface area (Å²) in [5.74, 6) is -0.963. The van der Waals surface area contributed by atoms with E-state index in [-0.39, 0.29) is 52.1 Å². The molecule has 2 saturated heterocycles. The molecule has 0 radical (unpaired) electrons. The Kier molecular flexibility index (Phi) is 6.68. The summed E-state index contributed by atoms with van der Waals surface area (Å²) in [6.07, 6.45) is 7.98. The second kappa shape index (κ2) is 10.2. The summed E-state index contributed by atoms with van der Waals surface area (Å²) in [7, 11) is 1.47. The molecule has 0 N–H and O–H groups in total. The van der Waals surface area contributed by atoms with E-state index in [9.17, 15) is 18.8 Å². The van der Waals surface area contributed by atoms with E-state index < -0.39 is 17.0 Å². The van der Waals surface area contributed by atoms with Crippen molar-refractivity contribution in [2.45, 2.75) is 44.7 Å². The standard InChI is InChI=1S/C31H31F2N3O4/c1-18(37)35-13-3-4-20-15-34(17-26(20)35)29-25(33)14-23-28(31(29)40-2)36(22-10-11-22)16-24(30(23)39)27(38)12-7-19-5-8-21(32)9-6-19/h5-9,12,14,16,20,22,26H,3-4,10-11,13,15,17H2,1-2H3/b12-7+. The molecule has 2 aromatic carbocycles. The van der Waals surface area contributed by atoms with Crippen LogP contribution in [0.5, 0.6) is 5.75 Å². The third-order valence-corrected chi connectivity index (χ3v) is 8.41. The summed E-state index contributed by atoms with van der Waals surface area (Å²) in [4.78, 5) is 42.8. The minimum Gasteiger partial charge on any atom is -0.492 e. The Bertz CT molecular complexity index is 1590. The fraction of sp³-hybridized carbons (Fsp3) is 0.387. The van der Waals surface area contributed by atoms with Crippen LogP contribution in [0.25, 0.3) is 17.0 Å². The van der Waals surface area contributed by atoms with Gasteiger partial charge in [0.25, 0.3) is 0 Å². The Morgan fingerprint density at radius 3 is 2.50 bits per heavy atom. The number of carbonyl (C=O) groups excluding carboxylic acids is 2. The van der Waals surface area contributed by atoms with Crippen molar-refractivity contribution in [2.24, 2.45) is 5.92 Å². The molecular weight excluding hydrogens is 516 g/mol. The van der Waals surface area contributed by atoms with Gasteiger partial charge in [0, 0.05) is 38.8 Å². The predicted octanol–water partition coefficient (Wildman–Crippen LogP) is 4.97. The molecular formula is C31H31F2N3O4. The lowest BCUT2D eigenvalue weighted by atomic mass is 9.92. The van der Waals surface area contributed by atoms with Crippen LogP contribution in [0.3, 0.4) is 0 Å². The number of pyridine rings is 1. The monoisotopic (exact) mass is 547 g/mol. The van der Waals surface area contributed by atoms with Gasteiger partial charge in [-0.15, -0.1) is 0 Å². The first-order valence-corrected chi connectivity index (χ1v) is 13.7. The highest BCUT2D eigenvalue weighted by atomic mass is 19.1. The summed E-state index contributed by atoms with van der Waals surface area (Å²) < 4.78 is 36.9. The van der Waals surface area contributed by atoms with Crippen molar-refractivity contribution in [1.82, 2.24) is 9.47 Å². The van der Waals surface area contributed by atoms with Crippen molar-refractivity contribution in [1.29, 1.82) is 0 Å². The number of piperidine rings is 1. The number of fused-ring (bicyclic) bond motifs is 2. The number of anilines is 1. The van der Waals surface area contributed by atoms with Crippen molar-refractivity contribution in [3.63, 3.8) is 0 Å². The number of hydrogen-bond donors (Lipinski definition) is 0. The van der Waals surface area contributed by atoms with Gasteiger partial charge in [0.05, 0.1) is 29.6 Å². The number of benzene rings is 2. The Morgan fingerprint density at radius 2 is 1.82 bits per heavy atom. The molecule has 40 heavy (non-hydrogen) atoms. The van der Waals surface area contributed by atoms with E-state index in [1.54, 1.807) is 13.1 Å². The third-order valence-electron chi connectivity index (χ3n) is 8.41. The summed E-state index contributed by atoms with van der Waals surface area (Å²) in [6, 6.07) is 6.95. The van der Waals surface area contributed by atoms with E-state index in [1.807, 2.05) is 14.4 Å². The Labute approximate surface area is 230 Å². The number of aromatic nitrogens is 1. The van der Waals surface area contributed by atoms with Gasteiger partial charge in [-0.3, -0.25) is 14.4 Å². The molecule has 3 aliphatic rings. The second-order valence-electron chi connectivity index (χ2n) is 11.0. The van der Waals surface area contributed by atoms with Crippen LogP contribution in [-0.2, 0) is 4.79 Å². The maximum absolute atomic E-state index is 15.9. The fourth-order valence-corrected chi connectivity index (χ4v) is 6.34. The first kappa shape index (κ1) is 26.2. The van der Waals surface area contributed by atoms with E-state index in [1.165, 1.54) is 49.6 Å². The molecule has 3 aromatic rings. The van der Waals surface area contributed by atoms with Gasteiger partial charge in [0.1, 0.15) is 11.5 Å². The molecule has 3 heterocycles. The van der Waals surface area contributed by atoms with Crippen molar-refractivity contribution >= 4 is 34.4 Å². The zero-order chi connectivity index (χ0) is 28.1. The van der Waals surface area contributed by atoms with Gasteiger partial charge >= 0.3 is 0 Å². The van der Waals surface area contributed by atoms with Crippen LogP contribution in [0.2, 0.25) is 0 Å². The van der Waals surface area contributed by atoms with Gasteiger partial charge in [-0.05, 0) is 61.4 Å². The van der Waals surface area contributed by atoms with E-state index >= 15 is 4.39 Å². The van der Waals surface area contributed by atoms with Gasteiger partial charge in [-0.2, -0.15) is 0 Å². The molecule has 2 aliphatic heterocycles. The molecule has 9 heteroatoms. The number of carbonyl (C=O) groups is 2. The van der Waals surface area contributed by atoms with Crippen LogP contribution in [0, 0.1) is 17.6 Å². The third kappa shape index (κ3) is 4.57. The lowest BCUT2D eigenvalue weighted by Crippen LogP contribution is -2.47. The average molecular weight is 548 g/mol. The van der Waals surface area contributed by atoms with Crippen LogP contribution in [0.1, 0.15) is 54.6 Å². The molecule has 7 nitrogen and oxygen atoms in total. The largest absolute Gasteiger partial charge is 0.492 e. The minimum absolute atomic E-state index is 0.00423. The molecule has 6 rings (SSSR count). The maximum atomic E-state index is 15.9. The van der Waals surface area contributed by atoms with Crippen LogP contribution < -0.4 is 15.1 Å². The molecule has 2 atom stereocenters. The highest BCUT2D eigenvalue weighted by Crippen LogP contribution is 2.45. The number of nitrogens with zero attached hydrogens (tertiary/aromatic N) is 3. The van der Waals surface area contributed by atoms with E-state index in [2.05, 4.69) is 0 Å². The number of methoxy groups -OCH3 is 1. The molecule has 208 valence electrons. The molecule has 1 aromatic heterocycles. The van der Waals surface area contributed by atoms with Gasteiger partial charge < -0.3 is 19.1 Å². The number of halogens is 2. The molecule has 3 fully saturated rings. The Balaban J connectivity index is 1.43. The lowest BCUT2D eigenvalue weighted by molar-refractivity contribution is -0.132. The number of amides is 1. The first-order chi connectivity index (χ1) is 19.3. The molecule has 0 spiro atoms. The SMILES string of the molecule is COc1c(N2CC3CCCN(C(C)=O)C3C2)c(F)cc2c(=O)c(C(=O)/C=C/c3ccc(F)cc3)cn(C3CC3)c12. The summed E-state index contributed by atoms with van der Waals surface area (Å²) in [5.41, 5.74) is 0.754. The van der Waals surface area contributed by atoms with E-state index in [0.29, 0.717) is 30.7 Å². The predicted molar refractivity (Wildman–Crippen MR) is 149 cm³/mol. The van der Waals surface area contributed by atoms with Crippen LogP contribution in [0.4, 0.5) is 14.5 Å². The number of rotatable bonds is 6. The van der Waals surface area contributed by atoms with Gasteiger partial charge in [-0.25, -0.2) is 8.78 Å². The Morgan fingerprint density at radius 1 is 1.07 bits per heavy atom. The normalized spacial score (nSPS) is 20.8. The number of ether oxygens (including phenoxy) is 1. The molecule has 1 aliphatic carbocycles. The van der Waals surface area contributed by atoms with Gasteiger partial charge in [0.2, 0.25) is 11.3 Å². The average Bonchev–Trinajstić information content (AvgIpc) is 3.69. The van der Waals surface area contributed by atoms with Crippen molar-refractivity contribution in [3.8, 4) is 5.75 Å². The zero-order valence-corrected chi connectivity index (χ0v) is 22.5. The van der Waals surface area contributed by atoms with Crippen molar-refractivity contribution in [3.05, 3.63) is 75.6 Å². The summed E-state index contributed by atoms with van der Waals surface area (Å²) in [6.45, 7) is 3.35. The highest BCUT2D eigenvalue weighted by molar-refractivity contribution is 6.08. The minimum atomic E-state index is -0.594. The van der Waals surface area contributed by atoms with Crippen LogP contribution in [-0.4, -0.2) is 53.9 Å². The lowest BCUT2D eigenvalue weighted by Gasteiger charge is -2.36. The number of hydrogen-bond acceptors (Lipinski definition) is 5.